The van der Waals surface area contributed by atoms with Crippen LogP contribution >= 0.6 is 34.7 Å². The van der Waals surface area contributed by atoms with Crippen LogP contribution in [0.4, 0.5) is 0 Å². The number of aliphatic imine (C=N–C) groups is 1. The lowest BCUT2D eigenvalue weighted by molar-refractivity contribution is 0.308. The minimum Gasteiger partial charge on any atom is -0.352 e. The molecule has 7 nitrogen and oxygen atoms in total. The van der Waals surface area contributed by atoms with Gasteiger partial charge in [0.2, 0.25) is 5.96 Å². The predicted molar refractivity (Wildman–Crippen MR) is 147 cm³/mol. The van der Waals surface area contributed by atoms with Crippen molar-refractivity contribution in [2.24, 2.45) is 4.99 Å². The van der Waals surface area contributed by atoms with Gasteiger partial charge in [0.15, 0.2) is 0 Å². The number of hydrogen-bond donors (Lipinski definition) is 1. The van der Waals surface area contributed by atoms with Gasteiger partial charge in [-0.3, -0.25) is 4.99 Å². The summed E-state index contributed by atoms with van der Waals surface area (Å²) in [5.74, 6) is 1.84. The van der Waals surface area contributed by atoms with Gasteiger partial charge in [0, 0.05) is 48.5 Å². The summed E-state index contributed by atoms with van der Waals surface area (Å²) in [5.41, 5.74) is 1.08. The molecule has 0 bridgehead atoms. The molecule has 0 unspecified atom stereocenters. The van der Waals surface area contributed by atoms with Gasteiger partial charge in [0.25, 0.3) is 10.0 Å². The Bertz CT molecular complexity index is 1020. The first kappa shape index (κ1) is 28.6. The lowest BCUT2D eigenvalue weighted by Gasteiger charge is -2.22. The third-order valence-electron chi connectivity index (χ3n) is 5.06. The Morgan fingerprint density at radius 3 is 2.65 bits per heavy atom. The SMILES string of the molecule is C=CCNC(=NCCSCc1csc(CCN(CC)CC)n1)N(C)S(=O)(=O)c1ccc(Cl)cc1. The number of sulfonamides is 1. The number of hydrogen-bond acceptors (Lipinski definition) is 7. The van der Waals surface area contributed by atoms with Gasteiger partial charge in [-0.25, -0.2) is 17.7 Å². The Morgan fingerprint density at radius 2 is 2.00 bits per heavy atom. The van der Waals surface area contributed by atoms with Crippen molar-refractivity contribution < 1.29 is 8.42 Å². The predicted octanol–water partition coefficient (Wildman–Crippen LogP) is 4.37. The smallest absolute Gasteiger partial charge is 0.266 e. The normalized spacial score (nSPS) is 12.2. The molecule has 0 aliphatic rings. The molecular formula is C23H34ClN5O2S3. The van der Waals surface area contributed by atoms with Crippen LogP contribution in [0, 0.1) is 0 Å². The van der Waals surface area contributed by atoms with Gasteiger partial charge in [0.1, 0.15) is 0 Å². The molecule has 0 saturated heterocycles. The average molecular weight is 544 g/mol. The summed E-state index contributed by atoms with van der Waals surface area (Å²) in [4.78, 5) is 11.8. The van der Waals surface area contributed by atoms with Gasteiger partial charge < -0.3 is 10.2 Å². The van der Waals surface area contributed by atoms with Crippen molar-refractivity contribution in [3.05, 3.63) is 58.0 Å². The van der Waals surface area contributed by atoms with E-state index in [4.69, 9.17) is 16.6 Å². The number of nitrogens with one attached hydrogen (secondary N) is 1. The topological polar surface area (TPSA) is 77.9 Å². The monoisotopic (exact) mass is 543 g/mol. The van der Waals surface area contributed by atoms with Crippen LogP contribution < -0.4 is 5.32 Å². The third kappa shape index (κ3) is 8.88. The zero-order chi connectivity index (χ0) is 25.0. The van der Waals surface area contributed by atoms with Gasteiger partial charge in [-0.15, -0.1) is 17.9 Å². The number of guanidine groups is 1. The molecule has 0 aliphatic carbocycles. The first-order chi connectivity index (χ1) is 16.3. The molecule has 0 fully saturated rings. The van der Waals surface area contributed by atoms with Crippen LogP contribution in [-0.2, 0) is 22.2 Å². The molecule has 0 saturated carbocycles. The highest BCUT2D eigenvalue weighted by Gasteiger charge is 2.23. The summed E-state index contributed by atoms with van der Waals surface area (Å²) in [5, 5.41) is 6.80. The van der Waals surface area contributed by atoms with E-state index in [1.54, 1.807) is 41.3 Å². The molecule has 11 heteroatoms. The maximum Gasteiger partial charge on any atom is 0.266 e. The molecule has 0 atom stereocenters. The van der Waals surface area contributed by atoms with Crippen LogP contribution in [0.1, 0.15) is 24.5 Å². The van der Waals surface area contributed by atoms with Crippen molar-refractivity contribution in [3.63, 3.8) is 0 Å². The molecule has 1 N–H and O–H groups in total. The number of likely N-dealkylation sites (N-methyl/N-ethyl adjacent to an activating group) is 1. The maximum absolute atomic E-state index is 13.0. The minimum atomic E-state index is -3.76. The first-order valence-electron chi connectivity index (χ1n) is 11.2. The van der Waals surface area contributed by atoms with E-state index in [0.717, 1.165) is 47.6 Å². The van der Waals surface area contributed by atoms with Crippen LogP contribution in [0.2, 0.25) is 5.02 Å². The van der Waals surface area contributed by atoms with Crippen LogP contribution in [0.25, 0.3) is 0 Å². The highest BCUT2D eigenvalue weighted by Crippen LogP contribution is 2.19. The van der Waals surface area contributed by atoms with Crippen LogP contribution in [0.15, 0.2) is 52.2 Å². The van der Waals surface area contributed by atoms with Gasteiger partial charge in [-0.2, -0.15) is 11.8 Å². The second-order valence-electron chi connectivity index (χ2n) is 7.36. The second kappa shape index (κ2) is 14.7. The van der Waals surface area contributed by atoms with Crippen molar-refractivity contribution in [2.45, 2.75) is 30.9 Å². The van der Waals surface area contributed by atoms with Gasteiger partial charge in [0.05, 0.1) is 22.1 Å². The summed E-state index contributed by atoms with van der Waals surface area (Å²) < 4.78 is 27.1. The highest BCUT2D eigenvalue weighted by atomic mass is 35.5. The molecule has 1 aromatic carbocycles. The van der Waals surface area contributed by atoms with Gasteiger partial charge in [-0.05, 0) is 37.4 Å². The van der Waals surface area contributed by atoms with Crippen LogP contribution in [0.5, 0.6) is 0 Å². The summed E-state index contributed by atoms with van der Waals surface area (Å²) in [6.07, 6.45) is 2.64. The zero-order valence-corrected chi connectivity index (χ0v) is 23.2. The molecule has 2 rings (SSSR count). The number of halogens is 1. The van der Waals surface area contributed by atoms with E-state index in [-0.39, 0.29) is 10.9 Å². The van der Waals surface area contributed by atoms with Crippen molar-refractivity contribution >= 4 is 50.7 Å². The third-order valence-corrected chi connectivity index (χ3v) is 9.00. The number of benzene rings is 1. The average Bonchev–Trinajstić information content (AvgIpc) is 3.29. The van der Waals surface area contributed by atoms with E-state index in [1.165, 1.54) is 24.2 Å². The Labute approximate surface area is 217 Å². The molecule has 188 valence electrons. The maximum atomic E-state index is 13.0. The second-order valence-corrected chi connectivity index (χ2v) is 11.8. The fourth-order valence-corrected chi connectivity index (χ4v) is 5.91. The molecule has 34 heavy (non-hydrogen) atoms. The van der Waals surface area contributed by atoms with E-state index in [9.17, 15) is 8.42 Å². The molecule has 1 aromatic heterocycles. The van der Waals surface area contributed by atoms with Gasteiger partial charge >= 0.3 is 0 Å². The summed E-state index contributed by atoms with van der Waals surface area (Å²) >= 11 is 9.34. The molecule has 0 spiro atoms. The first-order valence-corrected chi connectivity index (χ1v) is 15.0. The van der Waals surface area contributed by atoms with Crippen molar-refractivity contribution in [1.29, 1.82) is 0 Å². The molecule has 2 aromatic rings. The molecule has 0 amide bonds. The quantitative estimate of drug-likeness (QED) is 0.165. The zero-order valence-electron chi connectivity index (χ0n) is 20.0. The van der Waals surface area contributed by atoms with E-state index < -0.39 is 10.0 Å². The Kier molecular flexibility index (Phi) is 12.4. The highest BCUT2D eigenvalue weighted by molar-refractivity contribution is 7.98. The lowest BCUT2D eigenvalue weighted by Crippen LogP contribution is -2.42. The van der Waals surface area contributed by atoms with Crippen molar-refractivity contribution in [1.82, 2.24) is 19.5 Å². The van der Waals surface area contributed by atoms with E-state index in [1.807, 2.05) is 0 Å². The molecule has 0 radical (unpaired) electrons. The molecule has 1 heterocycles. The van der Waals surface area contributed by atoms with Crippen LogP contribution in [-0.4, -0.2) is 74.1 Å². The fourth-order valence-electron chi connectivity index (χ4n) is 3.03. The summed E-state index contributed by atoms with van der Waals surface area (Å²) in [7, 11) is -2.27. The fraction of sp³-hybridized carbons (Fsp3) is 0.478. The van der Waals surface area contributed by atoms with E-state index in [2.05, 4.69) is 41.0 Å². The van der Waals surface area contributed by atoms with Crippen molar-refractivity contribution in [3.8, 4) is 0 Å². The Balaban J connectivity index is 1.90. The lowest BCUT2D eigenvalue weighted by atomic mass is 10.4. The molecular weight excluding hydrogens is 510 g/mol. The largest absolute Gasteiger partial charge is 0.352 e. The Morgan fingerprint density at radius 1 is 1.29 bits per heavy atom. The van der Waals surface area contributed by atoms with E-state index in [0.29, 0.717) is 18.1 Å². The van der Waals surface area contributed by atoms with E-state index >= 15 is 0 Å². The standard InChI is InChI=1S/C23H34ClN5O2S3/c1-5-13-25-23(28(4)34(30,31)21-10-8-19(24)9-11-21)26-14-16-32-17-20-18-33-22(27-20)12-15-29(6-2)7-3/h5,8-11,18H,1,6-7,12-17H2,2-4H3,(H,25,26). The summed E-state index contributed by atoms with van der Waals surface area (Å²) in [6, 6.07) is 6.08. The van der Waals surface area contributed by atoms with Crippen LogP contribution in [0.3, 0.4) is 0 Å². The minimum absolute atomic E-state index is 0.155. The summed E-state index contributed by atoms with van der Waals surface area (Å²) in [6.45, 7) is 12.1. The number of aromatic nitrogens is 1. The molecule has 0 aliphatic heterocycles. The number of nitrogens with zero attached hydrogens (tertiary/aromatic N) is 4. The van der Waals surface area contributed by atoms with Crippen molar-refractivity contribution in [2.75, 3.05) is 45.5 Å². The van der Waals surface area contributed by atoms with Gasteiger partial charge in [-0.1, -0.05) is 31.5 Å². The Hall–Kier alpha value is -1.59. The number of rotatable bonds is 14. The number of thioether (sulfide) groups is 1. The number of thiazole rings is 1.